The molecule has 2 amide bonds. The van der Waals surface area contributed by atoms with Gasteiger partial charge in [-0.25, -0.2) is 0 Å². The predicted molar refractivity (Wildman–Crippen MR) is 114 cm³/mol. The van der Waals surface area contributed by atoms with Gasteiger partial charge in [-0.15, -0.1) is 0 Å². The first-order valence-electron chi connectivity index (χ1n) is 8.75. The molecular formula is C21H19ClN2O3S. The first-order valence-corrected chi connectivity index (χ1v) is 9.53. The van der Waals surface area contributed by atoms with Crippen LogP contribution in [0, 0.1) is 5.92 Å². The van der Waals surface area contributed by atoms with Crippen molar-refractivity contribution in [2.75, 3.05) is 11.5 Å². The molecule has 0 radical (unpaired) electrons. The van der Waals surface area contributed by atoms with Crippen LogP contribution in [0.15, 0.2) is 54.1 Å². The Morgan fingerprint density at radius 1 is 1.11 bits per heavy atom. The molecule has 1 aliphatic rings. The summed E-state index contributed by atoms with van der Waals surface area (Å²) in [7, 11) is 0. The summed E-state index contributed by atoms with van der Waals surface area (Å²) < 4.78 is 5.65. The van der Waals surface area contributed by atoms with Crippen LogP contribution < -0.4 is 15.0 Å². The van der Waals surface area contributed by atoms with Crippen LogP contribution in [0.2, 0.25) is 5.02 Å². The number of hydrogen-bond acceptors (Lipinski definition) is 4. The molecule has 28 heavy (non-hydrogen) atoms. The lowest BCUT2D eigenvalue weighted by atomic mass is 10.1. The minimum absolute atomic E-state index is 0.000557. The molecule has 1 heterocycles. The Morgan fingerprint density at radius 2 is 1.75 bits per heavy atom. The molecule has 5 nitrogen and oxygen atoms in total. The van der Waals surface area contributed by atoms with Gasteiger partial charge < -0.3 is 4.74 Å². The van der Waals surface area contributed by atoms with Crippen LogP contribution in [0.25, 0.3) is 6.08 Å². The maximum atomic E-state index is 12.9. The molecule has 0 spiro atoms. The predicted octanol–water partition coefficient (Wildman–Crippen LogP) is 4.21. The molecular weight excluding hydrogens is 396 g/mol. The molecule has 1 N–H and O–H groups in total. The number of nitrogens with one attached hydrogen (secondary N) is 1. The number of carbonyl (C=O) groups is 2. The zero-order valence-corrected chi connectivity index (χ0v) is 17.0. The third-order valence-electron chi connectivity index (χ3n) is 3.96. The number of benzene rings is 2. The molecule has 7 heteroatoms. The number of rotatable bonds is 5. The molecule has 0 saturated carbocycles. The molecule has 0 unspecified atom stereocenters. The molecule has 144 valence electrons. The summed E-state index contributed by atoms with van der Waals surface area (Å²) in [5.41, 5.74) is 1.24. The number of nitrogens with zero attached hydrogens (tertiary/aromatic N) is 1. The number of halogens is 1. The number of hydrogen-bond donors (Lipinski definition) is 1. The van der Waals surface area contributed by atoms with Gasteiger partial charge in [0.25, 0.3) is 11.8 Å². The maximum absolute atomic E-state index is 12.9. The lowest BCUT2D eigenvalue weighted by Crippen LogP contribution is -2.54. The number of carbonyl (C=O) groups excluding carboxylic acids is 2. The van der Waals surface area contributed by atoms with Gasteiger partial charge in [-0.2, -0.15) is 0 Å². The minimum atomic E-state index is -0.527. The monoisotopic (exact) mass is 414 g/mol. The zero-order valence-electron chi connectivity index (χ0n) is 15.4. The SMILES string of the molecule is CC(C)COc1ccc(C=C2C(=O)NC(=S)N(c3ccc(Cl)cc3)C2=O)cc1. The van der Waals surface area contributed by atoms with Crippen LogP contribution in [0.3, 0.4) is 0 Å². The van der Waals surface area contributed by atoms with Crippen LogP contribution in [-0.4, -0.2) is 23.5 Å². The van der Waals surface area contributed by atoms with Gasteiger partial charge in [0, 0.05) is 5.02 Å². The highest BCUT2D eigenvalue weighted by atomic mass is 35.5. The smallest absolute Gasteiger partial charge is 0.270 e. The molecule has 0 aromatic heterocycles. The Balaban J connectivity index is 1.85. The van der Waals surface area contributed by atoms with Crippen molar-refractivity contribution in [3.8, 4) is 5.75 Å². The van der Waals surface area contributed by atoms with Gasteiger partial charge in [0.2, 0.25) is 0 Å². The first kappa shape index (κ1) is 20.0. The van der Waals surface area contributed by atoms with E-state index >= 15 is 0 Å². The van der Waals surface area contributed by atoms with Crippen molar-refractivity contribution < 1.29 is 14.3 Å². The molecule has 0 atom stereocenters. The van der Waals surface area contributed by atoms with Crippen LogP contribution in [0.5, 0.6) is 5.75 Å². The topological polar surface area (TPSA) is 58.6 Å². The fraction of sp³-hybridized carbons (Fsp3) is 0.190. The first-order chi connectivity index (χ1) is 13.3. The van der Waals surface area contributed by atoms with Crippen molar-refractivity contribution in [1.29, 1.82) is 0 Å². The molecule has 3 rings (SSSR count). The van der Waals surface area contributed by atoms with E-state index in [2.05, 4.69) is 19.2 Å². The van der Waals surface area contributed by atoms with E-state index < -0.39 is 11.8 Å². The van der Waals surface area contributed by atoms with Gasteiger partial charge in [-0.1, -0.05) is 37.6 Å². The van der Waals surface area contributed by atoms with E-state index in [1.54, 1.807) is 36.4 Å². The highest BCUT2D eigenvalue weighted by Crippen LogP contribution is 2.24. The highest BCUT2D eigenvalue weighted by Gasteiger charge is 2.34. The lowest BCUT2D eigenvalue weighted by molar-refractivity contribution is -0.122. The minimum Gasteiger partial charge on any atom is -0.493 e. The largest absolute Gasteiger partial charge is 0.493 e. The fourth-order valence-corrected chi connectivity index (χ4v) is 2.98. The van der Waals surface area contributed by atoms with Crippen molar-refractivity contribution in [2.45, 2.75) is 13.8 Å². The Bertz CT molecular complexity index is 937. The normalized spacial score (nSPS) is 15.9. The number of ether oxygens (including phenoxy) is 1. The van der Waals surface area contributed by atoms with E-state index in [-0.39, 0.29) is 10.7 Å². The average molecular weight is 415 g/mol. The van der Waals surface area contributed by atoms with Crippen LogP contribution in [0.4, 0.5) is 5.69 Å². The number of anilines is 1. The van der Waals surface area contributed by atoms with E-state index in [4.69, 9.17) is 28.6 Å². The Kier molecular flexibility index (Phi) is 6.11. The zero-order chi connectivity index (χ0) is 20.3. The Labute approximate surface area is 173 Å². The third-order valence-corrected chi connectivity index (χ3v) is 4.50. The summed E-state index contributed by atoms with van der Waals surface area (Å²) in [5.74, 6) is 0.142. The van der Waals surface area contributed by atoms with Crippen molar-refractivity contribution in [1.82, 2.24) is 5.32 Å². The third kappa shape index (κ3) is 4.58. The maximum Gasteiger partial charge on any atom is 0.270 e. The summed E-state index contributed by atoms with van der Waals surface area (Å²) >= 11 is 11.1. The second kappa shape index (κ2) is 8.54. The van der Waals surface area contributed by atoms with Crippen LogP contribution in [0.1, 0.15) is 19.4 Å². The van der Waals surface area contributed by atoms with Crippen molar-refractivity contribution in [2.24, 2.45) is 5.92 Å². The van der Waals surface area contributed by atoms with E-state index in [1.165, 1.54) is 11.0 Å². The van der Waals surface area contributed by atoms with Gasteiger partial charge in [0.1, 0.15) is 11.3 Å². The van der Waals surface area contributed by atoms with E-state index in [0.717, 1.165) is 5.75 Å². The van der Waals surface area contributed by atoms with Gasteiger partial charge in [-0.3, -0.25) is 19.8 Å². The number of amides is 2. The quantitative estimate of drug-likeness (QED) is 0.452. The van der Waals surface area contributed by atoms with E-state index in [9.17, 15) is 9.59 Å². The van der Waals surface area contributed by atoms with Crippen LogP contribution in [-0.2, 0) is 9.59 Å². The van der Waals surface area contributed by atoms with E-state index in [0.29, 0.717) is 28.8 Å². The number of thiocarbonyl (C=S) groups is 1. The van der Waals surface area contributed by atoms with Gasteiger partial charge in [0.05, 0.1) is 12.3 Å². The molecule has 0 aliphatic carbocycles. The van der Waals surface area contributed by atoms with Gasteiger partial charge >= 0.3 is 0 Å². The van der Waals surface area contributed by atoms with Gasteiger partial charge in [-0.05, 0) is 66.2 Å². The van der Waals surface area contributed by atoms with Crippen molar-refractivity contribution in [3.63, 3.8) is 0 Å². The fourth-order valence-electron chi connectivity index (χ4n) is 2.57. The van der Waals surface area contributed by atoms with E-state index in [1.807, 2.05) is 12.1 Å². The molecule has 2 aromatic rings. The van der Waals surface area contributed by atoms with Crippen molar-refractivity contribution in [3.05, 3.63) is 64.7 Å². The molecule has 1 saturated heterocycles. The Hall–Kier alpha value is -2.70. The van der Waals surface area contributed by atoms with Crippen molar-refractivity contribution >= 4 is 52.5 Å². The summed E-state index contributed by atoms with van der Waals surface area (Å²) in [6.45, 7) is 4.76. The summed E-state index contributed by atoms with van der Waals surface area (Å²) in [6, 6.07) is 13.9. The lowest BCUT2D eigenvalue weighted by Gasteiger charge is -2.28. The van der Waals surface area contributed by atoms with Crippen LogP contribution >= 0.6 is 23.8 Å². The molecule has 2 aromatic carbocycles. The average Bonchev–Trinajstić information content (AvgIpc) is 2.66. The summed E-state index contributed by atoms with van der Waals surface area (Å²) in [4.78, 5) is 26.5. The molecule has 0 bridgehead atoms. The summed E-state index contributed by atoms with van der Waals surface area (Å²) in [5, 5.41) is 3.13. The molecule has 1 fully saturated rings. The molecule has 1 aliphatic heterocycles. The second-order valence-electron chi connectivity index (χ2n) is 6.71. The Morgan fingerprint density at radius 3 is 2.36 bits per heavy atom. The highest BCUT2D eigenvalue weighted by molar-refractivity contribution is 7.80. The standard InChI is InChI=1S/C21H19ClN2O3S/c1-13(2)12-27-17-9-3-14(4-10-17)11-18-19(25)23-21(28)24(20(18)26)16-7-5-15(22)6-8-16/h3-11,13H,12H2,1-2H3,(H,23,25,28). The second-order valence-corrected chi connectivity index (χ2v) is 7.53. The summed E-state index contributed by atoms with van der Waals surface area (Å²) in [6.07, 6.45) is 1.54. The van der Waals surface area contributed by atoms with Gasteiger partial charge in [0.15, 0.2) is 5.11 Å².